The average molecular weight is 341 g/mol. The maximum absolute atomic E-state index is 4.35. The number of unbranched alkanes of at least 4 members (excludes halogenated alkanes) is 2. The van der Waals surface area contributed by atoms with Crippen LogP contribution in [0.3, 0.4) is 0 Å². The van der Waals surface area contributed by atoms with Gasteiger partial charge < -0.3 is 15.5 Å². The fourth-order valence-corrected chi connectivity index (χ4v) is 4.74. The van der Waals surface area contributed by atoms with Crippen LogP contribution in [0.2, 0.25) is 0 Å². The summed E-state index contributed by atoms with van der Waals surface area (Å²) in [5.41, 5.74) is 0. The molecule has 0 aromatic rings. The standard InChI is InChI=1S/C18H36N4S/c1-18(10-9-15-23-18)16-21-17(19-2)20-11-5-3-6-12-22-13-7-4-8-14-22/h3-16H2,1-2H3,(H2,19,20,21). The summed E-state index contributed by atoms with van der Waals surface area (Å²) in [6, 6.07) is 0. The first-order valence-electron chi connectivity index (χ1n) is 9.53. The molecule has 134 valence electrons. The molecule has 1 unspecified atom stereocenters. The maximum atomic E-state index is 4.35. The summed E-state index contributed by atoms with van der Waals surface area (Å²) in [6.45, 7) is 8.36. The highest BCUT2D eigenvalue weighted by molar-refractivity contribution is 8.00. The van der Waals surface area contributed by atoms with E-state index in [1.165, 1.54) is 76.8 Å². The fraction of sp³-hybridized carbons (Fsp3) is 0.944. The number of rotatable bonds is 8. The van der Waals surface area contributed by atoms with E-state index in [1.54, 1.807) is 0 Å². The molecule has 5 heteroatoms. The van der Waals surface area contributed by atoms with Crippen molar-refractivity contribution in [3.05, 3.63) is 0 Å². The molecule has 0 radical (unpaired) electrons. The molecule has 0 spiro atoms. The lowest BCUT2D eigenvalue weighted by Gasteiger charge is -2.26. The van der Waals surface area contributed by atoms with Crippen LogP contribution in [0.4, 0.5) is 0 Å². The predicted octanol–water partition coefficient (Wildman–Crippen LogP) is 3.09. The third-order valence-corrected chi connectivity index (χ3v) is 6.58. The predicted molar refractivity (Wildman–Crippen MR) is 104 cm³/mol. The van der Waals surface area contributed by atoms with Gasteiger partial charge in [0.15, 0.2) is 5.96 Å². The van der Waals surface area contributed by atoms with Gasteiger partial charge in [0.1, 0.15) is 0 Å². The van der Waals surface area contributed by atoms with E-state index in [-0.39, 0.29) is 0 Å². The molecule has 2 aliphatic rings. The molecule has 2 heterocycles. The van der Waals surface area contributed by atoms with E-state index in [9.17, 15) is 0 Å². The Morgan fingerprint density at radius 1 is 1.09 bits per heavy atom. The minimum Gasteiger partial charge on any atom is -0.356 e. The van der Waals surface area contributed by atoms with E-state index >= 15 is 0 Å². The monoisotopic (exact) mass is 340 g/mol. The van der Waals surface area contributed by atoms with Crippen LogP contribution < -0.4 is 10.6 Å². The van der Waals surface area contributed by atoms with Gasteiger partial charge in [0, 0.05) is 24.9 Å². The zero-order chi connectivity index (χ0) is 16.4. The van der Waals surface area contributed by atoms with Crippen LogP contribution in [0.5, 0.6) is 0 Å². The number of likely N-dealkylation sites (tertiary alicyclic amines) is 1. The van der Waals surface area contributed by atoms with E-state index in [4.69, 9.17) is 0 Å². The van der Waals surface area contributed by atoms with Gasteiger partial charge in [0.25, 0.3) is 0 Å². The number of hydrogen-bond donors (Lipinski definition) is 2. The van der Waals surface area contributed by atoms with Crippen molar-refractivity contribution >= 4 is 17.7 Å². The molecular formula is C18H36N4S. The molecular weight excluding hydrogens is 304 g/mol. The molecule has 23 heavy (non-hydrogen) atoms. The molecule has 2 fully saturated rings. The third kappa shape index (κ3) is 7.34. The van der Waals surface area contributed by atoms with Crippen LogP contribution >= 0.6 is 11.8 Å². The first-order chi connectivity index (χ1) is 11.2. The summed E-state index contributed by atoms with van der Waals surface area (Å²) in [7, 11) is 1.87. The molecule has 2 aliphatic heterocycles. The number of piperidine rings is 1. The number of hydrogen-bond acceptors (Lipinski definition) is 3. The van der Waals surface area contributed by atoms with Gasteiger partial charge >= 0.3 is 0 Å². The van der Waals surface area contributed by atoms with Gasteiger partial charge in [-0.05, 0) is 70.8 Å². The van der Waals surface area contributed by atoms with Gasteiger partial charge in [-0.15, -0.1) is 0 Å². The Labute approximate surface area is 147 Å². The highest BCUT2D eigenvalue weighted by atomic mass is 32.2. The van der Waals surface area contributed by atoms with Gasteiger partial charge in [-0.2, -0.15) is 11.8 Å². The van der Waals surface area contributed by atoms with Gasteiger partial charge in [-0.3, -0.25) is 4.99 Å². The van der Waals surface area contributed by atoms with Crippen molar-refractivity contribution in [2.45, 2.75) is 63.0 Å². The summed E-state index contributed by atoms with van der Waals surface area (Å²) < 4.78 is 0.395. The van der Waals surface area contributed by atoms with Crippen molar-refractivity contribution in [1.82, 2.24) is 15.5 Å². The summed E-state index contributed by atoms with van der Waals surface area (Å²) in [4.78, 5) is 6.98. The second-order valence-electron chi connectivity index (χ2n) is 7.22. The third-order valence-electron chi connectivity index (χ3n) is 5.05. The number of nitrogens with zero attached hydrogens (tertiary/aromatic N) is 2. The fourth-order valence-electron chi connectivity index (χ4n) is 3.49. The molecule has 2 N–H and O–H groups in total. The highest BCUT2D eigenvalue weighted by Crippen LogP contribution is 2.36. The van der Waals surface area contributed by atoms with Gasteiger partial charge in [0.2, 0.25) is 0 Å². The summed E-state index contributed by atoms with van der Waals surface area (Å²) >= 11 is 2.10. The van der Waals surface area contributed by atoms with Crippen LogP contribution in [0.15, 0.2) is 4.99 Å². The van der Waals surface area contributed by atoms with Crippen LogP contribution in [0.1, 0.15) is 58.3 Å². The van der Waals surface area contributed by atoms with Gasteiger partial charge in [0.05, 0.1) is 0 Å². The lowest BCUT2D eigenvalue weighted by atomic mass is 10.1. The minimum atomic E-state index is 0.395. The Hall–Kier alpha value is -0.420. The first kappa shape index (κ1) is 18.9. The van der Waals surface area contributed by atoms with Gasteiger partial charge in [-0.1, -0.05) is 12.8 Å². The molecule has 0 aromatic carbocycles. The molecule has 0 bridgehead atoms. The lowest BCUT2D eigenvalue weighted by Crippen LogP contribution is -2.43. The molecule has 2 saturated heterocycles. The number of guanidine groups is 1. The van der Waals surface area contributed by atoms with Crippen molar-refractivity contribution in [3.8, 4) is 0 Å². The zero-order valence-corrected chi connectivity index (χ0v) is 16.0. The number of aliphatic imine (C=N–C) groups is 1. The van der Waals surface area contributed by atoms with E-state index in [0.29, 0.717) is 4.75 Å². The van der Waals surface area contributed by atoms with Crippen LogP contribution in [-0.2, 0) is 0 Å². The number of thioether (sulfide) groups is 1. The van der Waals surface area contributed by atoms with E-state index in [0.717, 1.165) is 19.0 Å². The Bertz CT molecular complexity index is 347. The molecule has 4 nitrogen and oxygen atoms in total. The molecule has 0 aromatic heterocycles. The molecule has 0 saturated carbocycles. The van der Waals surface area contributed by atoms with Gasteiger partial charge in [-0.25, -0.2) is 0 Å². The highest BCUT2D eigenvalue weighted by Gasteiger charge is 2.29. The van der Waals surface area contributed by atoms with Crippen LogP contribution in [0.25, 0.3) is 0 Å². The molecule has 1 atom stereocenters. The normalized spacial score (nSPS) is 26.4. The van der Waals surface area contributed by atoms with Crippen molar-refractivity contribution in [1.29, 1.82) is 0 Å². The molecule has 0 aliphatic carbocycles. The smallest absolute Gasteiger partial charge is 0.191 e. The minimum absolute atomic E-state index is 0.395. The Morgan fingerprint density at radius 3 is 2.61 bits per heavy atom. The first-order valence-corrected chi connectivity index (χ1v) is 10.5. The van der Waals surface area contributed by atoms with E-state index in [2.05, 4.69) is 39.2 Å². The van der Waals surface area contributed by atoms with E-state index in [1.807, 2.05) is 7.05 Å². The molecule has 2 rings (SSSR count). The largest absolute Gasteiger partial charge is 0.356 e. The Balaban J connectivity index is 1.48. The van der Waals surface area contributed by atoms with Crippen molar-refractivity contribution in [3.63, 3.8) is 0 Å². The van der Waals surface area contributed by atoms with E-state index < -0.39 is 0 Å². The summed E-state index contributed by atoms with van der Waals surface area (Å²) in [5, 5.41) is 6.97. The average Bonchev–Trinajstić information content (AvgIpc) is 3.01. The lowest BCUT2D eigenvalue weighted by molar-refractivity contribution is 0.224. The van der Waals surface area contributed by atoms with Crippen molar-refractivity contribution < 1.29 is 0 Å². The summed E-state index contributed by atoms with van der Waals surface area (Å²) in [6.07, 6.45) is 10.8. The second kappa shape index (κ2) is 10.4. The summed E-state index contributed by atoms with van der Waals surface area (Å²) in [5.74, 6) is 2.27. The Morgan fingerprint density at radius 2 is 1.91 bits per heavy atom. The topological polar surface area (TPSA) is 39.7 Å². The van der Waals surface area contributed by atoms with Crippen LogP contribution in [-0.4, -0.2) is 61.1 Å². The SMILES string of the molecule is CN=C(NCCCCCN1CCCCC1)NCC1(C)CCCS1. The zero-order valence-electron chi connectivity index (χ0n) is 15.2. The number of nitrogens with one attached hydrogen (secondary N) is 2. The van der Waals surface area contributed by atoms with Crippen LogP contribution in [0, 0.1) is 0 Å². The second-order valence-corrected chi connectivity index (χ2v) is 8.90. The molecule has 0 amide bonds. The van der Waals surface area contributed by atoms with Crippen molar-refractivity contribution in [2.75, 3.05) is 45.5 Å². The van der Waals surface area contributed by atoms with Crippen molar-refractivity contribution in [2.24, 2.45) is 4.99 Å². The quantitative estimate of drug-likeness (QED) is 0.405. The maximum Gasteiger partial charge on any atom is 0.191 e. The Kier molecular flexibility index (Phi) is 8.59.